The van der Waals surface area contributed by atoms with Crippen LogP contribution in [0.15, 0.2) is 12.1 Å². The van der Waals surface area contributed by atoms with Gasteiger partial charge in [0.15, 0.2) is 0 Å². The summed E-state index contributed by atoms with van der Waals surface area (Å²) in [5, 5.41) is 3.14. The Morgan fingerprint density at radius 2 is 2.06 bits per heavy atom. The lowest BCUT2D eigenvalue weighted by atomic mass is 10.1. The average Bonchev–Trinajstić information content (AvgIpc) is 2.29. The third-order valence-electron chi connectivity index (χ3n) is 2.39. The van der Waals surface area contributed by atoms with Crippen molar-refractivity contribution >= 4 is 0 Å². The number of hydrogen-bond donors (Lipinski definition) is 1. The molecule has 0 radical (unpaired) electrons. The van der Waals surface area contributed by atoms with Crippen molar-refractivity contribution in [2.45, 2.75) is 26.3 Å². The first-order valence-electron chi connectivity index (χ1n) is 5.94. The van der Waals surface area contributed by atoms with Crippen molar-refractivity contribution in [1.82, 2.24) is 10.3 Å². The molecule has 1 rings (SSSR count). The number of ether oxygens (including phenoxy) is 2. The quantitative estimate of drug-likeness (QED) is 0.737. The number of rotatable bonds is 7. The Balaban J connectivity index is 2.79. The van der Waals surface area contributed by atoms with Crippen molar-refractivity contribution in [2.75, 3.05) is 27.4 Å². The standard InChI is InChI=1S/C13H22N2O2/c1-10(2)12-7-11(9-14-3)8-13(15-12)17-6-5-16-4/h7-8,10,14H,5-6,9H2,1-4H3. The zero-order valence-electron chi connectivity index (χ0n) is 11.1. The van der Waals surface area contributed by atoms with Crippen molar-refractivity contribution in [3.8, 4) is 5.88 Å². The predicted molar refractivity (Wildman–Crippen MR) is 68.5 cm³/mol. The van der Waals surface area contributed by atoms with Crippen LogP contribution in [-0.2, 0) is 11.3 Å². The minimum atomic E-state index is 0.400. The van der Waals surface area contributed by atoms with E-state index >= 15 is 0 Å². The highest BCUT2D eigenvalue weighted by atomic mass is 16.5. The van der Waals surface area contributed by atoms with Crippen LogP contribution in [0.5, 0.6) is 5.88 Å². The highest BCUT2D eigenvalue weighted by molar-refractivity contribution is 5.26. The fourth-order valence-corrected chi connectivity index (χ4v) is 1.49. The second-order valence-electron chi connectivity index (χ2n) is 4.26. The van der Waals surface area contributed by atoms with Crippen molar-refractivity contribution in [2.24, 2.45) is 0 Å². The highest BCUT2D eigenvalue weighted by Gasteiger charge is 2.06. The molecule has 0 spiro atoms. The van der Waals surface area contributed by atoms with Crippen LogP contribution in [0.1, 0.15) is 31.0 Å². The molecule has 0 unspecified atom stereocenters. The normalized spacial score (nSPS) is 10.9. The molecule has 4 nitrogen and oxygen atoms in total. The molecule has 0 aromatic carbocycles. The van der Waals surface area contributed by atoms with Crippen LogP contribution in [0, 0.1) is 0 Å². The highest BCUT2D eigenvalue weighted by Crippen LogP contribution is 2.19. The first-order valence-corrected chi connectivity index (χ1v) is 5.94. The Labute approximate surface area is 103 Å². The minimum Gasteiger partial charge on any atom is -0.475 e. The lowest BCUT2D eigenvalue weighted by Crippen LogP contribution is -2.10. The van der Waals surface area contributed by atoms with Gasteiger partial charge in [-0.3, -0.25) is 0 Å². The number of nitrogens with zero attached hydrogens (tertiary/aromatic N) is 1. The Kier molecular flexibility index (Phi) is 5.94. The van der Waals surface area contributed by atoms with Gasteiger partial charge < -0.3 is 14.8 Å². The number of aromatic nitrogens is 1. The Morgan fingerprint density at radius 1 is 1.29 bits per heavy atom. The van der Waals surface area contributed by atoms with Crippen LogP contribution in [-0.4, -0.2) is 32.4 Å². The summed E-state index contributed by atoms with van der Waals surface area (Å²) in [6.45, 7) is 6.19. The topological polar surface area (TPSA) is 43.4 Å². The van der Waals surface area contributed by atoms with E-state index in [1.807, 2.05) is 13.1 Å². The molecular formula is C13H22N2O2. The third-order valence-corrected chi connectivity index (χ3v) is 2.39. The zero-order valence-corrected chi connectivity index (χ0v) is 11.1. The predicted octanol–water partition coefficient (Wildman–Crippen LogP) is 1.95. The summed E-state index contributed by atoms with van der Waals surface area (Å²) >= 11 is 0. The fourth-order valence-electron chi connectivity index (χ4n) is 1.49. The summed E-state index contributed by atoms with van der Waals surface area (Å²) in [4.78, 5) is 4.48. The molecule has 1 N–H and O–H groups in total. The monoisotopic (exact) mass is 238 g/mol. The summed E-state index contributed by atoms with van der Waals surface area (Å²) in [7, 11) is 3.59. The number of pyridine rings is 1. The minimum absolute atomic E-state index is 0.400. The number of nitrogens with one attached hydrogen (secondary N) is 1. The molecule has 0 aliphatic carbocycles. The summed E-state index contributed by atoms with van der Waals surface area (Å²) < 4.78 is 10.5. The van der Waals surface area contributed by atoms with E-state index in [0.717, 1.165) is 12.2 Å². The van der Waals surface area contributed by atoms with Gasteiger partial charge in [-0.2, -0.15) is 0 Å². The smallest absolute Gasteiger partial charge is 0.213 e. The maximum atomic E-state index is 5.56. The molecule has 96 valence electrons. The first-order chi connectivity index (χ1) is 8.17. The van der Waals surface area contributed by atoms with Gasteiger partial charge in [-0.15, -0.1) is 0 Å². The molecule has 0 fully saturated rings. The van der Waals surface area contributed by atoms with Crippen molar-refractivity contribution in [3.05, 3.63) is 23.4 Å². The summed E-state index contributed by atoms with van der Waals surface area (Å²) in [6, 6.07) is 4.09. The van der Waals surface area contributed by atoms with Crippen LogP contribution in [0.25, 0.3) is 0 Å². The number of methoxy groups -OCH3 is 1. The molecular weight excluding hydrogens is 216 g/mol. The van der Waals surface area contributed by atoms with Gasteiger partial charge in [0, 0.05) is 25.4 Å². The molecule has 0 aliphatic heterocycles. The summed E-state index contributed by atoms with van der Waals surface area (Å²) in [5.41, 5.74) is 2.25. The molecule has 4 heteroatoms. The molecule has 1 heterocycles. The number of hydrogen-bond acceptors (Lipinski definition) is 4. The van der Waals surface area contributed by atoms with Crippen LogP contribution >= 0.6 is 0 Å². The lowest BCUT2D eigenvalue weighted by molar-refractivity contribution is 0.143. The van der Waals surface area contributed by atoms with Crippen LogP contribution in [0.2, 0.25) is 0 Å². The Morgan fingerprint density at radius 3 is 2.65 bits per heavy atom. The van der Waals surface area contributed by atoms with Crippen molar-refractivity contribution in [3.63, 3.8) is 0 Å². The van der Waals surface area contributed by atoms with Gasteiger partial charge in [0.2, 0.25) is 5.88 Å². The molecule has 1 aromatic rings. The Bertz CT molecular complexity index is 340. The van der Waals surface area contributed by atoms with E-state index in [2.05, 4.69) is 30.2 Å². The molecule has 0 aliphatic rings. The van der Waals surface area contributed by atoms with E-state index in [1.165, 1.54) is 5.56 Å². The molecule has 0 atom stereocenters. The molecule has 0 bridgehead atoms. The van der Waals surface area contributed by atoms with E-state index < -0.39 is 0 Å². The van der Waals surface area contributed by atoms with Gasteiger partial charge in [0.25, 0.3) is 0 Å². The van der Waals surface area contributed by atoms with Crippen LogP contribution < -0.4 is 10.1 Å². The van der Waals surface area contributed by atoms with Crippen molar-refractivity contribution in [1.29, 1.82) is 0 Å². The van der Waals surface area contributed by atoms with Crippen LogP contribution in [0.3, 0.4) is 0 Å². The third kappa shape index (κ3) is 4.71. The average molecular weight is 238 g/mol. The second-order valence-corrected chi connectivity index (χ2v) is 4.26. The fraction of sp³-hybridized carbons (Fsp3) is 0.615. The molecule has 0 saturated heterocycles. The second kappa shape index (κ2) is 7.25. The molecule has 17 heavy (non-hydrogen) atoms. The SMILES string of the molecule is CNCc1cc(OCCOC)nc(C(C)C)c1. The van der Waals surface area contributed by atoms with Crippen LogP contribution in [0.4, 0.5) is 0 Å². The van der Waals surface area contributed by atoms with Gasteiger partial charge in [0.1, 0.15) is 6.61 Å². The van der Waals surface area contributed by atoms with E-state index in [1.54, 1.807) is 7.11 Å². The lowest BCUT2D eigenvalue weighted by Gasteiger charge is -2.11. The first kappa shape index (κ1) is 13.9. The Hall–Kier alpha value is -1.13. The summed E-state index contributed by atoms with van der Waals surface area (Å²) in [6.07, 6.45) is 0. The van der Waals surface area contributed by atoms with E-state index in [9.17, 15) is 0 Å². The van der Waals surface area contributed by atoms with Gasteiger partial charge in [-0.1, -0.05) is 13.8 Å². The molecule has 1 aromatic heterocycles. The molecule has 0 saturated carbocycles. The van der Waals surface area contributed by atoms with Gasteiger partial charge in [-0.05, 0) is 24.6 Å². The van der Waals surface area contributed by atoms with Gasteiger partial charge in [-0.25, -0.2) is 4.98 Å². The van der Waals surface area contributed by atoms with E-state index in [0.29, 0.717) is 25.0 Å². The van der Waals surface area contributed by atoms with Crippen molar-refractivity contribution < 1.29 is 9.47 Å². The summed E-state index contributed by atoms with van der Waals surface area (Å²) in [5.74, 6) is 1.08. The van der Waals surface area contributed by atoms with E-state index in [4.69, 9.17) is 9.47 Å². The van der Waals surface area contributed by atoms with E-state index in [-0.39, 0.29) is 0 Å². The largest absolute Gasteiger partial charge is 0.475 e. The molecule has 0 amide bonds. The maximum absolute atomic E-state index is 5.56. The van der Waals surface area contributed by atoms with Gasteiger partial charge in [0.05, 0.1) is 6.61 Å². The maximum Gasteiger partial charge on any atom is 0.213 e. The zero-order chi connectivity index (χ0) is 12.7. The van der Waals surface area contributed by atoms with Gasteiger partial charge >= 0.3 is 0 Å².